The second kappa shape index (κ2) is 5.86. The lowest BCUT2D eigenvalue weighted by Gasteiger charge is -2.52. The van der Waals surface area contributed by atoms with Gasteiger partial charge in [-0.05, 0) is 34.1 Å². The van der Waals surface area contributed by atoms with Crippen LogP contribution in [0.1, 0.15) is 47.5 Å². The molecule has 2 bridgehead atoms. The van der Waals surface area contributed by atoms with Crippen molar-refractivity contribution in [1.82, 2.24) is 0 Å². The second-order valence-electron chi connectivity index (χ2n) is 7.56. The summed E-state index contributed by atoms with van der Waals surface area (Å²) >= 11 is 0. The third-order valence-corrected chi connectivity index (χ3v) is 4.55. The van der Waals surface area contributed by atoms with Gasteiger partial charge in [-0.1, -0.05) is 6.92 Å². The lowest BCUT2D eigenvalue weighted by atomic mass is 9.80. The molecule has 5 heteroatoms. The first-order valence-electron chi connectivity index (χ1n) is 7.80. The molecule has 0 aromatic heterocycles. The molecule has 2 aliphatic rings. The van der Waals surface area contributed by atoms with Crippen LogP contribution in [0.3, 0.4) is 0 Å². The SMILES string of the molecule is C[C@@H]1[C@H]2OC(C)(CC[C@H]2COC(=O)C(C)(C)C)O[C@H]1CO. The van der Waals surface area contributed by atoms with Gasteiger partial charge in [0.2, 0.25) is 0 Å². The number of hydrogen-bond donors (Lipinski definition) is 1. The van der Waals surface area contributed by atoms with Crippen molar-refractivity contribution in [3.05, 3.63) is 0 Å². The molecule has 0 saturated carbocycles. The summed E-state index contributed by atoms with van der Waals surface area (Å²) in [6, 6.07) is 0. The van der Waals surface area contributed by atoms with Crippen LogP contribution in [-0.2, 0) is 19.0 Å². The van der Waals surface area contributed by atoms with Crippen LogP contribution in [0.4, 0.5) is 0 Å². The van der Waals surface area contributed by atoms with Gasteiger partial charge in [0.15, 0.2) is 5.79 Å². The van der Waals surface area contributed by atoms with Gasteiger partial charge in [0, 0.05) is 18.3 Å². The maximum atomic E-state index is 11.9. The van der Waals surface area contributed by atoms with E-state index in [1.54, 1.807) is 0 Å². The Morgan fingerprint density at radius 3 is 2.62 bits per heavy atom. The molecule has 0 aromatic rings. The molecular formula is C16H28O5. The molecule has 0 aromatic carbocycles. The van der Waals surface area contributed by atoms with Crippen LogP contribution in [-0.4, -0.2) is 42.3 Å². The Morgan fingerprint density at radius 2 is 2.05 bits per heavy atom. The first-order chi connectivity index (χ1) is 9.66. The van der Waals surface area contributed by atoms with Gasteiger partial charge in [-0.3, -0.25) is 4.79 Å². The highest BCUT2D eigenvalue weighted by atomic mass is 16.7. The second-order valence-corrected chi connectivity index (χ2v) is 7.56. The van der Waals surface area contributed by atoms with E-state index in [0.717, 1.165) is 12.8 Å². The highest BCUT2D eigenvalue weighted by Gasteiger charge is 2.50. The molecule has 1 unspecified atom stereocenters. The third kappa shape index (κ3) is 3.58. The van der Waals surface area contributed by atoms with E-state index in [4.69, 9.17) is 14.2 Å². The van der Waals surface area contributed by atoms with Gasteiger partial charge in [0.05, 0.1) is 30.8 Å². The number of aliphatic hydroxyl groups is 1. The van der Waals surface area contributed by atoms with Crippen molar-refractivity contribution in [3.8, 4) is 0 Å². The Hall–Kier alpha value is -0.650. The number of hydrogen-bond acceptors (Lipinski definition) is 5. The summed E-state index contributed by atoms with van der Waals surface area (Å²) in [5.41, 5.74) is -0.487. The van der Waals surface area contributed by atoms with Crippen molar-refractivity contribution in [2.24, 2.45) is 17.3 Å². The fraction of sp³-hybridized carbons (Fsp3) is 0.938. The van der Waals surface area contributed by atoms with E-state index < -0.39 is 11.2 Å². The maximum Gasteiger partial charge on any atom is 0.311 e. The van der Waals surface area contributed by atoms with Crippen LogP contribution in [0.15, 0.2) is 0 Å². The van der Waals surface area contributed by atoms with Crippen LogP contribution in [0.25, 0.3) is 0 Å². The number of rotatable bonds is 3. The lowest BCUT2D eigenvalue weighted by molar-refractivity contribution is -0.361. The average Bonchev–Trinajstić information content (AvgIpc) is 2.40. The van der Waals surface area contributed by atoms with E-state index in [-0.39, 0.29) is 36.6 Å². The highest BCUT2D eigenvalue weighted by Crippen LogP contribution is 2.43. The largest absolute Gasteiger partial charge is 0.465 e. The minimum atomic E-state index is -0.616. The van der Waals surface area contributed by atoms with Crippen molar-refractivity contribution in [3.63, 3.8) is 0 Å². The van der Waals surface area contributed by atoms with Crippen LogP contribution in [0, 0.1) is 17.3 Å². The van der Waals surface area contributed by atoms with Crippen LogP contribution in [0.2, 0.25) is 0 Å². The number of ether oxygens (including phenoxy) is 3. The van der Waals surface area contributed by atoms with Gasteiger partial charge < -0.3 is 19.3 Å². The van der Waals surface area contributed by atoms with Gasteiger partial charge in [0.25, 0.3) is 0 Å². The van der Waals surface area contributed by atoms with Gasteiger partial charge >= 0.3 is 5.97 Å². The van der Waals surface area contributed by atoms with Crippen molar-refractivity contribution in [2.45, 2.75) is 65.5 Å². The predicted molar refractivity (Wildman–Crippen MR) is 77.5 cm³/mol. The fourth-order valence-corrected chi connectivity index (χ4v) is 3.10. The molecule has 5 atom stereocenters. The Morgan fingerprint density at radius 1 is 1.38 bits per heavy atom. The van der Waals surface area contributed by atoms with Gasteiger partial charge in [0.1, 0.15) is 0 Å². The lowest BCUT2D eigenvalue weighted by Crippen LogP contribution is -2.58. The number of aliphatic hydroxyl groups excluding tert-OH is 1. The smallest absolute Gasteiger partial charge is 0.311 e. The summed E-state index contributed by atoms with van der Waals surface area (Å²) in [4.78, 5) is 11.9. The molecule has 21 heavy (non-hydrogen) atoms. The minimum Gasteiger partial charge on any atom is -0.465 e. The third-order valence-electron chi connectivity index (χ3n) is 4.55. The summed E-state index contributed by atoms with van der Waals surface area (Å²) < 4.78 is 17.4. The summed E-state index contributed by atoms with van der Waals surface area (Å²) in [6.07, 6.45) is 1.41. The predicted octanol–water partition coefficient (Wildman–Crippen LogP) is 2.11. The van der Waals surface area contributed by atoms with Crippen LogP contribution < -0.4 is 0 Å². The first kappa shape index (κ1) is 16.7. The van der Waals surface area contributed by atoms with E-state index in [0.29, 0.717) is 6.61 Å². The van der Waals surface area contributed by atoms with Crippen molar-refractivity contribution >= 4 is 5.97 Å². The van der Waals surface area contributed by atoms with E-state index in [2.05, 4.69) is 0 Å². The summed E-state index contributed by atoms with van der Waals surface area (Å²) in [6.45, 7) is 9.86. The molecule has 122 valence electrons. The van der Waals surface area contributed by atoms with E-state index in [9.17, 15) is 9.90 Å². The average molecular weight is 300 g/mol. The molecule has 2 rings (SSSR count). The number of carbonyl (C=O) groups excluding carboxylic acids is 1. The molecule has 2 fully saturated rings. The van der Waals surface area contributed by atoms with Gasteiger partial charge in [-0.15, -0.1) is 0 Å². The quantitative estimate of drug-likeness (QED) is 0.809. The standard InChI is InChI=1S/C16H28O5/c1-10-12(8-17)20-16(5)7-6-11(13(10)21-16)9-19-14(18)15(2,3)4/h10-13,17H,6-9H2,1-5H3/t10-,11-,12-,13+,16?/m0/s1. The molecule has 5 nitrogen and oxygen atoms in total. The molecular weight excluding hydrogens is 272 g/mol. The Labute approximate surface area is 126 Å². The van der Waals surface area contributed by atoms with Crippen molar-refractivity contribution < 1.29 is 24.1 Å². The number of esters is 1. The van der Waals surface area contributed by atoms with E-state index >= 15 is 0 Å². The normalized spacial score (nSPS) is 39.9. The minimum absolute atomic E-state index is 0.00881. The molecule has 0 aliphatic carbocycles. The Balaban J connectivity index is 2.00. The van der Waals surface area contributed by atoms with Crippen LogP contribution in [0.5, 0.6) is 0 Å². The summed E-state index contributed by atoms with van der Waals surface area (Å²) in [5, 5.41) is 9.48. The highest BCUT2D eigenvalue weighted by molar-refractivity contribution is 5.75. The molecule has 0 radical (unpaired) electrons. The molecule has 2 saturated heterocycles. The monoisotopic (exact) mass is 300 g/mol. The molecule has 2 heterocycles. The van der Waals surface area contributed by atoms with E-state index in [1.807, 2.05) is 34.6 Å². The number of fused-ring (bicyclic) bond motifs is 2. The van der Waals surface area contributed by atoms with Crippen LogP contribution >= 0.6 is 0 Å². The topological polar surface area (TPSA) is 65.0 Å². The van der Waals surface area contributed by atoms with Crippen molar-refractivity contribution in [2.75, 3.05) is 13.2 Å². The Kier molecular flexibility index (Phi) is 4.66. The molecule has 2 aliphatic heterocycles. The zero-order valence-electron chi connectivity index (χ0n) is 13.7. The summed E-state index contributed by atoms with van der Waals surface area (Å²) in [5.74, 6) is -0.553. The fourth-order valence-electron chi connectivity index (χ4n) is 3.10. The maximum absolute atomic E-state index is 11.9. The van der Waals surface area contributed by atoms with E-state index in [1.165, 1.54) is 0 Å². The molecule has 0 amide bonds. The zero-order chi connectivity index (χ0) is 15.8. The molecule has 0 spiro atoms. The molecule has 1 N–H and O–H groups in total. The summed E-state index contributed by atoms with van der Waals surface area (Å²) in [7, 11) is 0. The first-order valence-corrected chi connectivity index (χ1v) is 7.80. The Bertz CT molecular complexity index is 389. The van der Waals surface area contributed by atoms with Gasteiger partial charge in [-0.2, -0.15) is 0 Å². The van der Waals surface area contributed by atoms with Gasteiger partial charge in [-0.25, -0.2) is 0 Å². The zero-order valence-corrected chi connectivity index (χ0v) is 13.7. The number of carbonyl (C=O) groups is 1. The van der Waals surface area contributed by atoms with Crippen molar-refractivity contribution in [1.29, 1.82) is 0 Å².